The normalized spacial score (nSPS) is 17.5. The topological polar surface area (TPSA) is 113 Å². The molecule has 11 heteroatoms. The van der Waals surface area contributed by atoms with Gasteiger partial charge >= 0.3 is 5.69 Å². The summed E-state index contributed by atoms with van der Waals surface area (Å²) in [5, 5.41) is -0.674. The van der Waals surface area contributed by atoms with E-state index in [1.54, 1.807) is 9.80 Å². The highest BCUT2D eigenvalue weighted by molar-refractivity contribution is 8.01. The summed E-state index contributed by atoms with van der Waals surface area (Å²) in [6.07, 6.45) is 5.91. The molecule has 2 fully saturated rings. The molecule has 0 radical (unpaired) electrons. The lowest BCUT2D eigenvalue weighted by atomic mass is 10.1. The Morgan fingerprint density at radius 3 is 1.90 bits per heavy atom. The van der Waals surface area contributed by atoms with Gasteiger partial charge in [0.25, 0.3) is 5.56 Å². The largest absolute Gasteiger partial charge is 0.341 e. The summed E-state index contributed by atoms with van der Waals surface area (Å²) in [6, 6.07) is 0. The minimum Gasteiger partial charge on any atom is -0.341 e. The minimum atomic E-state index is -0.961. The Balaban J connectivity index is 1.68. The molecule has 0 spiro atoms. The van der Waals surface area contributed by atoms with Crippen LogP contribution in [0.15, 0.2) is 14.7 Å². The number of carbonyl (C=O) groups excluding carboxylic acids is 2. The van der Waals surface area contributed by atoms with Crippen molar-refractivity contribution in [2.45, 2.75) is 48.9 Å². The summed E-state index contributed by atoms with van der Waals surface area (Å²) < 4.78 is 2.29. The molecule has 2 aliphatic heterocycles. The van der Waals surface area contributed by atoms with E-state index in [0.717, 1.165) is 54.9 Å². The highest BCUT2D eigenvalue weighted by atomic mass is 32.2. The SMILES string of the molecule is Cn1c(=O)c2[nH]c(SC(C(=O)N3CCCCC3)C(=O)N3CCCCC3)nc2n(C)c1=O. The molecule has 168 valence electrons. The molecular weight excluding hydrogens is 420 g/mol. The van der Waals surface area contributed by atoms with Gasteiger partial charge in [-0.25, -0.2) is 9.78 Å². The molecule has 0 atom stereocenters. The summed E-state index contributed by atoms with van der Waals surface area (Å²) in [6.45, 7) is 2.60. The van der Waals surface area contributed by atoms with Gasteiger partial charge in [0.15, 0.2) is 21.6 Å². The van der Waals surface area contributed by atoms with Crippen LogP contribution in [-0.4, -0.2) is 72.1 Å². The molecule has 1 N–H and O–H groups in total. The third-order valence-electron chi connectivity index (χ3n) is 6.09. The number of hydrogen-bond acceptors (Lipinski definition) is 6. The molecule has 2 amide bonds. The zero-order chi connectivity index (χ0) is 22.1. The minimum absolute atomic E-state index is 0.182. The molecule has 31 heavy (non-hydrogen) atoms. The number of amides is 2. The fraction of sp³-hybridized carbons (Fsp3) is 0.650. The van der Waals surface area contributed by atoms with Gasteiger partial charge in [0, 0.05) is 40.3 Å². The van der Waals surface area contributed by atoms with Crippen LogP contribution in [-0.2, 0) is 23.7 Å². The number of thioether (sulfide) groups is 1. The number of H-pyrrole nitrogens is 1. The third-order valence-corrected chi connectivity index (χ3v) is 7.14. The first-order valence-corrected chi connectivity index (χ1v) is 11.7. The van der Waals surface area contributed by atoms with Crippen LogP contribution in [0.5, 0.6) is 0 Å². The number of nitrogens with zero attached hydrogens (tertiary/aromatic N) is 5. The highest BCUT2D eigenvalue weighted by Gasteiger charge is 2.36. The number of imidazole rings is 1. The number of piperidine rings is 2. The molecule has 0 aliphatic carbocycles. The molecule has 2 saturated heterocycles. The Morgan fingerprint density at radius 2 is 1.39 bits per heavy atom. The van der Waals surface area contributed by atoms with Crippen molar-refractivity contribution in [2.75, 3.05) is 26.2 Å². The zero-order valence-electron chi connectivity index (χ0n) is 17.9. The van der Waals surface area contributed by atoms with Crippen molar-refractivity contribution >= 4 is 34.7 Å². The summed E-state index contributed by atoms with van der Waals surface area (Å²) in [5.41, 5.74) is -0.573. The summed E-state index contributed by atoms with van der Waals surface area (Å²) in [5.74, 6) is -0.412. The van der Waals surface area contributed by atoms with E-state index in [1.165, 1.54) is 18.7 Å². The molecule has 0 unspecified atom stereocenters. The number of rotatable bonds is 4. The van der Waals surface area contributed by atoms with Crippen LogP contribution >= 0.6 is 11.8 Å². The molecule has 2 aliphatic rings. The third kappa shape index (κ3) is 4.15. The van der Waals surface area contributed by atoms with Gasteiger partial charge in [-0.15, -0.1) is 0 Å². The lowest BCUT2D eigenvalue weighted by Crippen LogP contribution is -2.49. The van der Waals surface area contributed by atoms with E-state index in [-0.39, 0.29) is 28.1 Å². The highest BCUT2D eigenvalue weighted by Crippen LogP contribution is 2.27. The summed E-state index contributed by atoms with van der Waals surface area (Å²) in [4.78, 5) is 62.2. The Hall–Kier alpha value is -2.56. The number of fused-ring (bicyclic) bond motifs is 1. The predicted octanol–water partition coefficient (Wildman–Crippen LogP) is 0.446. The van der Waals surface area contributed by atoms with Gasteiger partial charge < -0.3 is 14.8 Å². The van der Waals surface area contributed by atoms with Crippen molar-refractivity contribution in [3.05, 3.63) is 20.8 Å². The van der Waals surface area contributed by atoms with Crippen molar-refractivity contribution in [3.8, 4) is 0 Å². The fourth-order valence-corrected chi connectivity index (χ4v) is 5.26. The maximum absolute atomic E-state index is 13.3. The smallest absolute Gasteiger partial charge is 0.332 e. The van der Waals surface area contributed by atoms with E-state index in [1.807, 2.05) is 0 Å². The number of aromatic nitrogens is 4. The number of carbonyl (C=O) groups is 2. The number of aromatic amines is 1. The Morgan fingerprint density at radius 1 is 0.871 bits per heavy atom. The lowest BCUT2D eigenvalue weighted by Gasteiger charge is -2.33. The van der Waals surface area contributed by atoms with Gasteiger partial charge in [-0.1, -0.05) is 11.8 Å². The predicted molar refractivity (Wildman–Crippen MR) is 117 cm³/mol. The second-order valence-electron chi connectivity index (χ2n) is 8.22. The maximum Gasteiger partial charge on any atom is 0.332 e. The first kappa shape index (κ1) is 21.7. The molecule has 4 heterocycles. The van der Waals surface area contributed by atoms with Crippen molar-refractivity contribution < 1.29 is 9.59 Å². The molecule has 10 nitrogen and oxygen atoms in total. The fourth-order valence-electron chi connectivity index (χ4n) is 4.24. The van der Waals surface area contributed by atoms with Crippen LogP contribution < -0.4 is 11.2 Å². The maximum atomic E-state index is 13.3. The standard InChI is InChI=1S/C20H28N6O4S/c1-23-15-13(16(27)24(2)20(23)30)21-19(22-15)31-14(17(28)25-9-5-3-6-10-25)18(29)26-11-7-4-8-12-26/h14H,3-12H2,1-2H3,(H,21,22). The van der Waals surface area contributed by atoms with Gasteiger partial charge in [-0.05, 0) is 38.5 Å². The van der Waals surface area contributed by atoms with E-state index in [2.05, 4.69) is 9.97 Å². The first-order valence-electron chi connectivity index (χ1n) is 10.8. The molecular formula is C20H28N6O4S. The summed E-state index contributed by atoms with van der Waals surface area (Å²) >= 11 is 1.03. The number of nitrogens with one attached hydrogen (secondary N) is 1. The summed E-state index contributed by atoms with van der Waals surface area (Å²) in [7, 11) is 2.94. The van der Waals surface area contributed by atoms with Gasteiger partial charge in [0.05, 0.1) is 0 Å². The average Bonchev–Trinajstić information content (AvgIpc) is 3.24. The number of likely N-dealkylation sites (tertiary alicyclic amines) is 2. The first-order chi connectivity index (χ1) is 14.9. The van der Waals surface area contributed by atoms with E-state index in [9.17, 15) is 19.2 Å². The second kappa shape index (κ2) is 8.89. The van der Waals surface area contributed by atoms with Crippen LogP contribution in [0.1, 0.15) is 38.5 Å². The van der Waals surface area contributed by atoms with Crippen LogP contribution in [0.25, 0.3) is 11.2 Å². The zero-order valence-corrected chi connectivity index (χ0v) is 18.7. The average molecular weight is 449 g/mol. The molecule has 2 aromatic rings. The van der Waals surface area contributed by atoms with Crippen LogP contribution in [0.3, 0.4) is 0 Å². The molecule has 0 aromatic carbocycles. The van der Waals surface area contributed by atoms with Crippen LogP contribution in [0.2, 0.25) is 0 Å². The lowest BCUT2D eigenvalue weighted by molar-refractivity contribution is -0.140. The van der Waals surface area contributed by atoms with Crippen molar-refractivity contribution in [3.63, 3.8) is 0 Å². The van der Waals surface area contributed by atoms with Gasteiger partial charge in [-0.3, -0.25) is 23.5 Å². The molecule has 0 bridgehead atoms. The van der Waals surface area contributed by atoms with Crippen molar-refractivity contribution in [1.82, 2.24) is 28.9 Å². The van der Waals surface area contributed by atoms with E-state index in [4.69, 9.17) is 0 Å². The van der Waals surface area contributed by atoms with Crippen LogP contribution in [0, 0.1) is 0 Å². The monoisotopic (exact) mass is 448 g/mol. The quantitative estimate of drug-likeness (QED) is 0.537. The van der Waals surface area contributed by atoms with Crippen LogP contribution in [0.4, 0.5) is 0 Å². The molecule has 0 saturated carbocycles. The second-order valence-corrected chi connectivity index (χ2v) is 9.31. The van der Waals surface area contributed by atoms with E-state index < -0.39 is 16.5 Å². The molecule has 4 rings (SSSR count). The van der Waals surface area contributed by atoms with E-state index >= 15 is 0 Å². The number of hydrogen-bond donors (Lipinski definition) is 1. The van der Waals surface area contributed by atoms with Gasteiger partial charge in [-0.2, -0.15) is 0 Å². The van der Waals surface area contributed by atoms with Crippen molar-refractivity contribution in [2.24, 2.45) is 14.1 Å². The Bertz CT molecular complexity index is 1080. The van der Waals surface area contributed by atoms with E-state index in [0.29, 0.717) is 26.2 Å². The van der Waals surface area contributed by atoms with Gasteiger partial charge in [0.2, 0.25) is 11.8 Å². The Kier molecular flexibility index (Phi) is 6.22. The van der Waals surface area contributed by atoms with Gasteiger partial charge in [0.1, 0.15) is 0 Å². The Labute approximate surface area is 183 Å². The number of aryl methyl sites for hydroxylation is 1. The van der Waals surface area contributed by atoms with Crippen molar-refractivity contribution in [1.29, 1.82) is 0 Å². The molecule has 2 aromatic heterocycles.